The number of carbonyl (C=O) groups is 2. The van der Waals surface area contributed by atoms with Gasteiger partial charge in [0.05, 0.1) is 22.3 Å². The molecule has 0 bridgehead atoms. The number of thioether (sulfide) groups is 1. The Hall–Kier alpha value is -3.17. The molecule has 1 atom stereocenters. The number of amides is 2. The summed E-state index contributed by atoms with van der Waals surface area (Å²) in [6, 6.07) is 9.71. The molecule has 1 aliphatic heterocycles. The van der Waals surface area contributed by atoms with Crippen molar-refractivity contribution in [1.29, 1.82) is 0 Å². The number of hydrogen-bond acceptors (Lipinski definition) is 8. The number of aryl methyl sites for hydroxylation is 1. The van der Waals surface area contributed by atoms with Gasteiger partial charge in [0.1, 0.15) is 17.3 Å². The highest BCUT2D eigenvalue weighted by atomic mass is 32.2. The lowest BCUT2D eigenvalue weighted by atomic mass is 9.99. The Kier molecular flexibility index (Phi) is 4.99. The topological polar surface area (TPSA) is 85.5 Å². The lowest BCUT2D eigenvalue weighted by molar-refractivity contribution is -0.125. The van der Waals surface area contributed by atoms with Crippen LogP contribution in [0.3, 0.4) is 0 Å². The molecule has 1 fully saturated rings. The highest BCUT2D eigenvalue weighted by molar-refractivity contribution is 8.15. The molecule has 1 saturated heterocycles. The minimum absolute atomic E-state index is 0.0900. The average Bonchev–Trinajstić information content (AvgIpc) is 3.52. The molecule has 0 saturated carbocycles. The second kappa shape index (κ2) is 7.82. The Morgan fingerprint density at radius 1 is 1.23 bits per heavy atom. The van der Waals surface area contributed by atoms with Crippen LogP contribution in [0.15, 0.2) is 52.6 Å². The van der Waals surface area contributed by atoms with Crippen molar-refractivity contribution >= 4 is 45.1 Å². The molecular formula is C22H17N3O4S2. The number of nitrogens with zero attached hydrogens (tertiary/aromatic N) is 3. The Morgan fingerprint density at radius 2 is 2.10 bits per heavy atom. The molecule has 31 heavy (non-hydrogen) atoms. The minimum atomic E-state index is -0.745. The number of imide groups is 1. The number of ether oxygens (including phenoxy) is 1. The lowest BCUT2D eigenvalue weighted by Crippen LogP contribution is -2.25. The molecule has 0 aliphatic carbocycles. The third-order valence-corrected chi connectivity index (χ3v) is 7.12. The van der Waals surface area contributed by atoms with E-state index in [1.165, 1.54) is 24.6 Å². The van der Waals surface area contributed by atoms with Crippen molar-refractivity contribution in [3.8, 4) is 16.3 Å². The van der Waals surface area contributed by atoms with Crippen molar-refractivity contribution in [3.05, 3.63) is 65.2 Å². The van der Waals surface area contributed by atoms with E-state index in [-0.39, 0.29) is 17.8 Å². The molecule has 0 N–H and O–H groups in total. The largest absolute Gasteiger partial charge is 0.483 e. The summed E-state index contributed by atoms with van der Waals surface area (Å²) in [5, 5.41) is 1.72. The van der Waals surface area contributed by atoms with Crippen molar-refractivity contribution in [1.82, 2.24) is 14.9 Å². The highest BCUT2D eigenvalue weighted by Gasteiger charge is 2.42. The molecule has 5 rings (SSSR count). The summed E-state index contributed by atoms with van der Waals surface area (Å²) >= 11 is 2.50. The van der Waals surface area contributed by atoms with Crippen molar-refractivity contribution < 1.29 is 18.7 Å². The number of rotatable bonds is 5. The van der Waals surface area contributed by atoms with Crippen LogP contribution in [0.5, 0.6) is 5.75 Å². The number of thiophene rings is 1. The van der Waals surface area contributed by atoms with Crippen LogP contribution in [0.25, 0.3) is 21.5 Å². The van der Waals surface area contributed by atoms with Gasteiger partial charge in [-0.25, -0.2) is 9.97 Å². The number of hydrogen-bond donors (Lipinski definition) is 0. The molecular weight excluding hydrogens is 434 g/mol. The fraction of sp³-hybridized carbons (Fsp3) is 0.182. The number of benzene rings is 1. The molecule has 3 aromatic heterocycles. The van der Waals surface area contributed by atoms with Crippen molar-refractivity contribution in [2.45, 2.75) is 18.8 Å². The Balaban J connectivity index is 1.79. The Labute approximate surface area is 186 Å². The second-order valence-corrected chi connectivity index (χ2v) is 9.03. The van der Waals surface area contributed by atoms with E-state index in [9.17, 15) is 9.59 Å². The Bertz CT molecular complexity index is 1290. The molecule has 9 heteroatoms. The van der Waals surface area contributed by atoms with Crippen LogP contribution < -0.4 is 4.74 Å². The standard InChI is InChI=1S/C22H17N3O4S2/c1-12-5-3-6-13-16(12)19(29-11-15-23-8-9-28-15)17(18(24-13)14-7-4-10-30-14)20-21(26)25(2)22(27)31-20/h3-10,20H,11H2,1-2H3. The lowest BCUT2D eigenvalue weighted by Gasteiger charge is -2.20. The normalized spacial score (nSPS) is 16.5. The van der Waals surface area contributed by atoms with Gasteiger partial charge in [0.2, 0.25) is 11.8 Å². The molecule has 2 amide bonds. The number of oxazole rings is 1. The maximum Gasteiger partial charge on any atom is 0.289 e. The van der Waals surface area contributed by atoms with Crippen LogP contribution in [-0.2, 0) is 11.4 Å². The first-order valence-electron chi connectivity index (χ1n) is 9.51. The summed E-state index contributed by atoms with van der Waals surface area (Å²) in [7, 11) is 1.50. The molecule has 1 aliphatic rings. The molecule has 4 aromatic rings. The van der Waals surface area contributed by atoms with E-state index in [1.54, 1.807) is 6.20 Å². The predicted molar refractivity (Wildman–Crippen MR) is 119 cm³/mol. The molecule has 4 heterocycles. The van der Waals surface area contributed by atoms with Gasteiger partial charge in [0, 0.05) is 18.0 Å². The zero-order valence-corrected chi connectivity index (χ0v) is 18.3. The van der Waals surface area contributed by atoms with E-state index >= 15 is 0 Å². The van der Waals surface area contributed by atoms with Gasteiger partial charge in [-0.05, 0) is 41.8 Å². The number of aromatic nitrogens is 2. The average molecular weight is 452 g/mol. The molecule has 1 aromatic carbocycles. The fourth-order valence-electron chi connectivity index (χ4n) is 3.59. The van der Waals surface area contributed by atoms with Gasteiger partial charge in [0.25, 0.3) is 5.24 Å². The zero-order chi connectivity index (χ0) is 21.5. The van der Waals surface area contributed by atoms with Crippen molar-refractivity contribution in [3.63, 3.8) is 0 Å². The number of fused-ring (bicyclic) bond motifs is 1. The van der Waals surface area contributed by atoms with Crippen LogP contribution >= 0.6 is 23.1 Å². The third-order valence-electron chi connectivity index (χ3n) is 5.10. The van der Waals surface area contributed by atoms with Gasteiger partial charge in [-0.15, -0.1) is 11.3 Å². The first kappa shape index (κ1) is 19.8. The smallest absolute Gasteiger partial charge is 0.289 e. The first-order chi connectivity index (χ1) is 15.0. The van der Waals surface area contributed by atoms with Gasteiger partial charge in [-0.1, -0.05) is 18.2 Å². The van der Waals surface area contributed by atoms with Gasteiger partial charge in [-0.3, -0.25) is 14.5 Å². The van der Waals surface area contributed by atoms with Crippen LogP contribution in [0.2, 0.25) is 0 Å². The Morgan fingerprint density at radius 3 is 2.77 bits per heavy atom. The number of likely N-dealkylation sites (N-methyl/N-ethyl adjacent to an activating group) is 1. The third kappa shape index (κ3) is 3.39. The zero-order valence-electron chi connectivity index (χ0n) is 16.7. The summed E-state index contributed by atoms with van der Waals surface area (Å²) in [4.78, 5) is 36.4. The molecule has 156 valence electrons. The molecule has 0 spiro atoms. The molecule has 7 nitrogen and oxygen atoms in total. The van der Waals surface area contributed by atoms with E-state index in [4.69, 9.17) is 14.1 Å². The van der Waals surface area contributed by atoms with E-state index in [0.29, 0.717) is 22.9 Å². The van der Waals surface area contributed by atoms with Gasteiger partial charge in [0.15, 0.2) is 6.61 Å². The van der Waals surface area contributed by atoms with Gasteiger partial charge < -0.3 is 9.15 Å². The molecule has 0 radical (unpaired) electrons. The van der Waals surface area contributed by atoms with Crippen molar-refractivity contribution in [2.75, 3.05) is 7.05 Å². The maximum atomic E-state index is 13.0. The number of carbonyl (C=O) groups excluding carboxylic acids is 2. The molecule has 1 unspecified atom stereocenters. The van der Waals surface area contributed by atoms with E-state index in [0.717, 1.165) is 38.0 Å². The van der Waals surface area contributed by atoms with Gasteiger partial charge >= 0.3 is 0 Å². The van der Waals surface area contributed by atoms with Crippen LogP contribution in [0, 0.1) is 6.92 Å². The van der Waals surface area contributed by atoms with E-state index in [1.807, 2.05) is 42.6 Å². The summed E-state index contributed by atoms with van der Waals surface area (Å²) in [5.74, 6) is 0.655. The minimum Gasteiger partial charge on any atom is -0.483 e. The van der Waals surface area contributed by atoms with Crippen LogP contribution in [0.1, 0.15) is 22.3 Å². The van der Waals surface area contributed by atoms with E-state index in [2.05, 4.69) is 4.98 Å². The quantitative estimate of drug-likeness (QED) is 0.412. The second-order valence-electron chi connectivity index (χ2n) is 7.03. The maximum absolute atomic E-state index is 13.0. The fourth-order valence-corrected chi connectivity index (χ4v) is 5.37. The van der Waals surface area contributed by atoms with Crippen LogP contribution in [0.4, 0.5) is 4.79 Å². The van der Waals surface area contributed by atoms with E-state index < -0.39 is 5.25 Å². The SMILES string of the molecule is Cc1cccc2nc(-c3cccs3)c(C3SC(=O)N(C)C3=O)c(OCc3ncco3)c12. The van der Waals surface area contributed by atoms with Crippen LogP contribution in [-0.4, -0.2) is 33.1 Å². The van der Waals surface area contributed by atoms with Gasteiger partial charge in [-0.2, -0.15) is 0 Å². The summed E-state index contributed by atoms with van der Waals surface area (Å²) in [5.41, 5.74) is 2.96. The number of pyridine rings is 1. The summed E-state index contributed by atoms with van der Waals surface area (Å²) in [6.07, 6.45) is 3.03. The van der Waals surface area contributed by atoms with Crippen molar-refractivity contribution in [2.24, 2.45) is 0 Å². The first-order valence-corrected chi connectivity index (χ1v) is 11.3. The predicted octanol–water partition coefficient (Wildman–Crippen LogP) is 5.21. The highest BCUT2D eigenvalue weighted by Crippen LogP contribution is 2.49. The summed E-state index contributed by atoms with van der Waals surface area (Å²) < 4.78 is 11.6. The monoisotopic (exact) mass is 451 g/mol. The summed E-state index contributed by atoms with van der Waals surface area (Å²) in [6.45, 7) is 2.06.